The zero-order chi connectivity index (χ0) is 23.8. The first-order chi connectivity index (χ1) is 15.9. The SMILES string of the molecule is C=C(C)COC(N)C(CC)(CC)CN1c2ccccc2SCC1c1ccc(OCCC)cc1. The fraction of sp³-hybridized carbons (Fsp3) is 0.500. The number of para-hydroxylation sites is 1. The Hall–Kier alpha value is -1.95. The first-order valence-electron chi connectivity index (χ1n) is 12.2. The van der Waals surface area contributed by atoms with Gasteiger partial charge in [-0.3, -0.25) is 0 Å². The van der Waals surface area contributed by atoms with E-state index in [4.69, 9.17) is 15.2 Å². The van der Waals surface area contributed by atoms with Crippen LogP contribution in [-0.2, 0) is 4.74 Å². The number of hydrogen-bond acceptors (Lipinski definition) is 5. The topological polar surface area (TPSA) is 47.7 Å². The van der Waals surface area contributed by atoms with Crippen molar-refractivity contribution >= 4 is 17.4 Å². The van der Waals surface area contributed by atoms with E-state index in [-0.39, 0.29) is 17.7 Å². The number of rotatable bonds is 12. The third kappa shape index (κ3) is 6.14. The predicted molar refractivity (Wildman–Crippen MR) is 141 cm³/mol. The third-order valence-electron chi connectivity index (χ3n) is 6.69. The second-order valence-corrected chi connectivity index (χ2v) is 10.2. The average molecular weight is 469 g/mol. The molecule has 0 saturated carbocycles. The molecule has 33 heavy (non-hydrogen) atoms. The van der Waals surface area contributed by atoms with Crippen LogP contribution in [0.2, 0.25) is 0 Å². The summed E-state index contributed by atoms with van der Waals surface area (Å²) in [6.07, 6.45) is 2.55. The molecule has 0 saturated heterocycles. The van der Waals surface area contributed by atoms with Crippen molar-refractivity contribution in [1.29, 1.82) is 0 Å². The third-order valence-corrected chi connectivity index (χ3v) is 7.83. The van der Waals surface area contributed by atoms with E-state index in [1.807, 2.05) is 18.7 Å². The molecule has 0 fully saturated rings. The molecule has 4 nitrogen and oxygen atoms in total. The molecule has 0 radical (unpaired) electrons. The highest BCUT2D eigenvalue weighted by Crippen LogP contribution is 2.46. The molecule has 1 heterocycles. The van der Waals surface area contributed by atoms with Gasteiger partial charge < -0.3 is 20.1 Å². The number of thioether (sulfide) groups is 1. The van der Waals surface area contributed by atoms with Gasteiger partial charge in [0.25, 0.3) is 0 Å². The van der Waals surface area contributed by atoms with Crippen molar-refractivity contribution < 1.29 is 9.47 Å². The summed E-state index contributed by atoms with van der Waals surface area (Å²) >= 11 is 1.93. The summed E-state index contributed by atoms with van der Waals surface area (Å²) in [5, 5.41) is 0. The molecule has 2 atom stereocenters. The van der Waals surface area contributed by atoms with Gasteiger partial charge in [0, 0.05) is 22.6 Å². The Labute approximate surface area is 204 Å². The Kier molecular flexibility index (Phi) is 9.30. The quantitative estimate of drug-likeness (QED) is 0.274. The molecule has 2 unspecified atom stereocenters. The molecule has 0 aliphatic carbocycles. The minimum Gasteiger partial charge on any atom is -0.494 e. The maximum absolute atomic E-state index is 6.70. The minimum absolute atomic E-state index is 0.160. The summed E-state index contributed by atoms with van der Waals surface area (Å²) in [4.78, 5) is 3.89. The van der Waals surface area contributed by atoms with Crippen LogP contribution in [0.15, 0.2) is 65.6 Å². The molecule has 2 N–H and O–H groups in total. The predicted octanol–water partition coefficient (Wildman–Crippen LogP) is 6.81. The number of hydrogen-bond donors (Lipinski definition) is 1. The summed E-state index contributed by atoms with van der Waals surface area (Å²) in [5.74, 6) is 1.93. The second-order valence-electron chi connectivity index (χ2n) is 9.10. The van der Waals surface area contributed by atoms with E-state index in [1.165, 1.54) is 16.1 Å². The lowest BCUT2D eigenvalue weighted by Crippen LogP contribution is -2.52. The van der Waals surface area contributed by atoms with E-state index in [2.05, 4.69) is 80.8 Å². The highest BCUT2D eigenvalue weighted by atomic mass is 32.2. The summed E-state index contributed by atoms with van der Waals surface area (Å²) < 4.78 is 11.9. The van der Waals surface area contributed by atoms with Crippen LogP contribution in [0.5, 0.6) is 5.75 Å². The van der Waals surface area contributed by atoms with E-state index in [0.29, 0.717) is 6.61 Å². The Balaban J connectivity index is 1.93. The average Bonchev–Trinajstić information content (AvgIpc) is 2.85. The van der Waals surface area contributed by atoms with Gasteiger partial charge in [-0.15, -0.1) is 11.8 Å². The van der Waals surface area contributed by atoms with E-state index < -0.39 is 0 Å². The zero-order valence-corrected chi connectivity index (χ0v) is 21.5. The molecule has 3 rings (SSSR count). The molecule has 2 aromatic rings. The van der Waals surface area contributed by atoms with Gasteiger partial charge in [-0.1, -0.05) is 57.2 Å². The first-order valence-corrected chi connectivity index (χ1v) is 13.2. The number of nitrogens with two attached hydrogens (primary N) is 1. The molecule has 0 amide bonds. The van der Waals surface area contributed by atoms with Gasteiger partial charge in [-0.05, 0) is 56.0 Å². The number of ether oxygens (including phenoxy) is 2. The summed E-state index contributed by atoms with van der Waals surface area (Å²) in [6.45, 7) is 14.6. The molecule has 1 aliphatic rings. The second kappa shape index (κ2) is 12.0. The maximum atomic E-state index is 6.70. The normalized spacial score (nSPS) is 16.9. The van der Waals surface area contributed by atoms with E-state index in [1.54, 1.807) is 0 Å². The largest absolute Gasteiger partial charge is 0.494 e. The van der Waals surface area contributed by atoms with Crippen LogP contribution in [-0.4, -0.2) is 31.7 Å². The molecule has 0 aromatic heterocycles. The fourth-order valence-corrected chi connectivity index (χ4v) is 5.65. The van der Waals surface area contributed by atoms with Crippen LogP contribution in [0, 0.1) is 5.41 Å². The van der Waals surface area contributed by atoms with Gasteiger partial charge in [0.15, 0.2) is 0 Å². The molecule has 5 heteroatoms. The Morgan fingerprint density at radius 2 is 1.85 bits per heavy atom. The molecule has 2 aromatic carbocycles. The molecular weight excluding hydrogens is 428 g/mol. The van der Waals surface area contributed by atoms with Crippen LogP contribution in [0.3, 0.4) is 0 Å². The monoisotopic (exact) mass is 468 g/mol. The fourth-order valence-electron chi connectivity index (χ4n) is 4.43. The van der Waals surface area contributed by atoms with Crippen molar-refractivity contribution in [2.75, 3.05) is 30.4 Å². The molecule has 0 spiro atoms. The van der Waals surface area contributed by atoms with Gasteiger partial charge in [0.05, 0.1) is 24.9 Å². The lowest BCUT2D eigenvalue weighted by atomic mass is 9.79. The van der Waals surface area contributed by atoms with Crippen molar-refractivity contribution in [3.05, 3.63) is 66.2 Å². The van der Waals surface area contributed by atoms with Gasteiger partial charge >= 0.3 is 0 Å². The van der Waals surface area contributed by atoms with E-state index in [9.17, 15) is 0 Å². The van der Waals surface area contributed by atoms with Crippen LogP contribution in [0.4, 0.5) is 5.69 Å². The van der Waals surface area contributed by atoms with Crippen molar-refractivity contribution in [1.82, 2.24) is 0 Å². The van der Waals surface area contributed by atoms with E-state index >= 15 is 0 Å². The summed E-state index contributed by atoms with van der Waals surface area (Å²) in [5.41, 5.74) is 10.1. The zero-order valence-electron chi connectivity index (χ0n) is 20.7. The van der Waals surface area contributed by atoms with Crippen molar-refractivity contribution in [2.24, 2.45) is 11.1 Å². The number of benzene rings is 2. The van der Waals surface area contributed by atoms with Crippen LogP contribution in [0.1, 0.15) is 58.6 Å². The Morgan fingerprint density at radius 3 is 2.48 bits per heavy atom. The van der Waals surface area contributed by atoms with Crippen LogP contribution < -0.4 is 15.4 Å². The molecular formula is C28H40N2O2S. The van der Waals surface area contributed by atoms with Gasteiger partial charge in [0.1, 0.15) is 12.0 Å². The van der Waals surface area contributed by atoms with E-state index in [0.717, 1.165) is 49.5 Å². The highest BCUT2D eigenvalue weighted by Gasteiger charge is 2.40. The van der Waals surface area contributed by atoms with Crippen LogP contribution >= 0.6 is 11.8 Å². The van der Waals surface area contributed by atoms with Crippen molar-refractivity contribution in [3.63, 3.8) is 0 Å². The highest BCUT2D eigenvalue weighted by molar-refractivity contribution is 7.99. The Morgan fingerprint density at radius 1 is 1.15 bits per heavy atom. The van der Waals surface area contributed by atoms with Crippen molar-refractivity contribution in [3.8, 4) is 5.75 Å². The number of fused-ring (bicyclic) bond motifs is 1. The molecule has 0 bridgehead atoms. The first kappa shape index (κ1) is 25.7. The number of nitrogens with zero attached hydrogens (tertiary/aromatic N) is 1. The number of anilines is 1. The van der Waals surface area contributed by atoms with Crippen molar-refractivity contribution in [2.45, 2.75) is 64.1 Å². The molecule has 180 valence electrons. The molecule has 1 aliphatic heterocycles. The van der Waals surface area contributed by atoms with Gasteiger partial charge in [-0.2, -0.15) is 0 Å². The smallest absolute Gasteiger partial charge is 0.119 e. The lowest BCUT2D eigenvalue weighted by Gasteiger charge is -2.47. The minimum atomic E-state index is -0.351. The standard InChI is InChI=1S/C28H40N2O2S/c1-6-17-31-23-15-13-22(14-16-23)25-19-33-26-12-10-9-11-24(26)30(25)20-28(7-2,8-3)27(29)32-18-21(4)5/h9-16,25,27H,4,6-8,17-20,29H2,1-3,5H3. The Bertz CT molecular complexity index is 895. The van der Waals surface area contributed by atoms with Gasteiger partial charge in [-0.25, -0.2) is 0 Å². The maximum Gasteiger partial charge on any atom is 0.119 e. The summed E-state index contributed by atoms with van der Waals surface area (Å²) in [7, 11) is 0. The van der Waals surface area contributed by atoms with Gasteiger partial charge in [0.2, 0.25) is 0 Å². The van der Waals surface area contributed by atoms with Crippen LogP contribution in [0.25, 0.3) is 0 Å². The lowest BCUT2D eigenvalue weighted by molar-refractivity contribution is -0.0301. The summed E-state index contributed by atoms with van der Waals surface area (Å²) in [6, 6.07) is 17.6.